The zero-order valence-corrected chi connectivity index (χ0v) is 8.86. The highest BCUT2D eigenvalue weighted by atomic mass is 14.0. The molecule has 0 radical (unpaired) electrons. The molecule has 0 aliphatic carbocycles. The van der Waals surface area contributed by atoms with Crippen molar-refractivity contribution in [1.82, 2.24) is 12.3 Å². The summed E-state index contributed by atoms with van der Waals surface area (Å²) in [6.07, 6.45) is 7.73. The van der Waals surface area contributed by atoms with Gasteiger partial charge in [-0.1, -0.05) is 38.8 Å². The van der Waals surface area contributed by atoms with Gasteiger partial charge in [0.25, 0.3) is 0 Å². The van der Waals surface area contributed by atoms with Crippen LogP contribution in [0.5, 0.6) is 0 Å². The predicted octanol–water partition coefficient (Wildman–Crippen LogP) is 4.25. The lowest BCUT2D eigenvalue weighted by atomic mass is 10.1. The first-order valence-corrected chi connectivity index (χ1v) is 4.47. The van der Waals surface area contributed by atoms with Crippen LogP contribution in [0.3, 0.4) is 0 Å². The Kier molecular flexibility index (Phi) is 19.5. The van der Waals surface area contributed by atoms with Gasteiger partial charge < -0.3 is 12.3 Å². The molecule has 0 unspecified atom stereocenters. The molecule has 0 fully saturated rings. The van der Waals surface area contributed by atoms with Gasteiger partial charge in [0.2, 0.25) is 0 Å². The summed E-state index contributed by atoms with van der Waals surface area (Å²) >= 11 is 0. The van der Waals surface area contributed by atoms with Crippen LogP contribution in [-0.4, -0.2) is 0 Å². The number of allylic oxidation sites excluding steroid dienone is 1. The normalized spacial score (nSPS) is 8.17. The summed E-state index contributed by atoms with van der Waals surface area (Å²) in [4.78, 5) is 0. The van der Waals surface area contributed by atoms with E-state index in [2.05, 4.69) is 20.4 Å². The summed E-state index contributed by atoms with van der Waals surface area (Å²) in [5.41, 5.74) is 1.45. The fourth-order valence-electron chi connectivity index (χ4n) is 0.979. The molecule has 76 valence electrons. The molecule has 0 aromatic carbocycles. The molecule has 0 rings (SSSR count). The molecule has 2 nitrogen and oxygen atoms in total. The Bertz CT molecular complexity index is 79.8. The van der Waals surface area contributed by atoms with Gasteiger partial charge in [0.15, 0.2) is 0 Å². The molecule has 0 aromatic rings. The Hall–Kier alpha value is -0.340. The maximum absolute atomic E-state index is 4.03. The van der Waals surface area contributed by atoms with Gasteiger partial charge in [-0.25, -0.2) is 0 Å². The number of unbranched alkanes of at least 4 members (excludes halogenated alkanes) is 2. The van der Waals surface area contributed by atoms with E-state index in [1.165, 1.54) is 44.1 Å². The quantitative estimate of drug-likeness (QED) is 0.591. The fourth-order valence-corrected chi connectivity index (χ4v) is 0.979. The summed E-state index contributed by atoms with van der Waals surface area (Å²) < 4.78 is 0. The largest absolute Gasteiger partial charge is 0.344 e. The molecule has 0 spiro atoms. The second-order valence-electron chi connectivity index (χ2n) is 2.96. The van der Waals surface area contributed by atoms with Gasteiger partial charge in [-0.15, -0.1) is 0 Å². The Labute approximate surface area is 77.6 Å². The third-order valence-electron chi connectivity index (χ3n) is 1.77. The SMILES string of the molecule is C=C(CCCC)CCCC.N.N. The van der Waals surface area contributed by atoms with Crippen molar-refractivity contribution >= 4 is 0 Å². The van der Waals surface area contributed by atoms with Crippen molar-refractivity contribution in [3.05, 3.63) is 12.2 Å². The van der Waals surface area contributed by atoms with E-state index in [1.807, 2.05) is 0 Å². The first kappa shape index (κ1) is 17.7. The third-order valence-corrected chi connectivity index (χ3v) is 1.77. The molecule has 0 atom stereocenters. The molecule has 2 heteroatoms. The van der Waals surface area contributed by atoms with E-state index in [-0.39, 0.29) is 12.3 Å². The monoisotopic (exact) mass is 174 g/mol. The van der Waals surface area contributed by atoms with Crippen molar-refractivity contribution in [2.24, 2.45) is 0 Å². The maximum Gasteiger partial charge on any atom is -0.0323 e. The predicted molar refractivity (Wildman–Crippen MR) is 58.2 cm³/mol. The van der Waals surface area contributed by atoms with Crippen molar-refractivity contribution < 1.29 is 0 Å². The first-order chi connectivity index (χ1) is 4.81. The Balaban J connectivity index is -0.000000405. The smallest absolute Gasteiger partial charge is 0.0323 e. The lowest BCUT2D eigenvalue weighted by Gasteiger charge is -2.01. The molecule has 6 N–H and O–H groups in total. The van der Waals surface area contributed by atoms with Gasteiger partial charge in [0.1, 0.15) is 0 Å². The highest BCUT2D eigenvalue weighted by Gasteiger charge is 1.91. The molecular weight excluding hydrogens is 148 g/mol. The summed E-state index contributed by atoms with van der Waals surface area (Å²) in [5, 5.41) is 0. The van der Waals surface area contributed by atoms with Gasteiger partial charge in [-0.05, 0) is 25.7 Å². The van der Waals surface area contributed by atoms with E-state index in [9.17, 15) is 0 Å². The molecule has 0 aromatic heterocycles. The van der Waals surface area contributed by atoms with Crippen LogP contribution in [0.4, 0.5) is 0 Å². The Morgan fingerprint density at radius 2 is 1.25 bits per heavy atom. The zero-order chi connectivity index (χ0) is 7.82. The van der Waals surface area contributed by atoms with Crippen LogP contribution in [0, 0.1) is 0 Å². The van der Waals surface area contributed by atoms with Crippen LogP contribution in [0.2, 0.25) is 0 Å². The van der Waals surface area contributed by atoms with Gasteiger partial charge >= 0.3 is 0 Å². The lowest BCUT2D eigenvalue weighted by Crippen LogP contribution is -1.81. The second-order valence-corrected chi connectivity index (χ2v) is 2.96. The van der Waals surface area contributed by atoms with Crippen molar-refractivity contribution in [1.29, 1.82) is 0 Å². The van der Waals surface area contributed by atoms with Gasteiger partial charge in [0, 0.05) is 0 Å². The molecule has 0 bridgehead atoms. The van der Waals surface area contributed by atoms with Crippen molar-refractivity contribution in [2.45, 2.75) is 52.4 Å². The lowest BCUT2D eigenvalue weighted by molar-refractivity contribution is 0.715. The van der Waals surface area contributed by atoms with Crippen LogP contribution in [0.15, 0.2) is 12.2 Å². The molecule has 0 aliphatic heterocycles. The number of hydrogen-bond acceptors (Lipinski definition) is 2. The van der Waals surface area contributed by atoms with Crippen molar-refractivity contribution in [3.63, 3.8) is 0 Å². The highest BCUT2D eigenvalue weighted by Crippen LogP contribution is 2.11. The second kappa shape index (κ2) is 13.3. The van der Waals surface area contributed by atoms with Crippen LogP contribution in [0.1, 0.15) is 52.4 Å². The zero-order valence-electron chi connectivity index (χ0n) is 8.86. The fraction of sp³-hybridized carbons (Fsp3) is 0.800. The molecule has 0 heterocycles. The Morgan fingerprint density at radius 1 is 0.917 bits per heavy atom. The maximum atomic E-state index is 4.03. The van der Waals surface area contributed by atoms with Crippen LogP contribution < -0.4 is 12.3 Å². The van der Waals surface area contributed by atoms with E-state index >= 15 is 0 Å². The average Bonchev–Trinajstić information content (AvgIpc) is 1.97. The van der Waals surface area contributed by atoms with E-state index in [1.54, 1.807) is 0 Å². The topological polar surface area (TPSA) is 70.0 Å². The Morgan fingerprint density at radius 3 is 1.50 bits per heavy atom. The summed E-state index contributed by atoms with van der Waals surface area (Å²) in [7, 11) is 0. The molecule has 0 saturated carbocycles. The average molecular weight is 174 g/mol. The summed E-state index contributed by atoms with van der Waals surface area (Å²) in [6, 6.07) is 0. The van der Waals surface area contributed by atoms with E-state index < -0.39 is 0 Å². The third kappa shape index (κ3) is 12.3. The number of rotatable bonds is 6. The molecule has 0 aliphatic rings. The van der Waals surface area contributed by atoms with Crippen molar-refractivity contribution in [2.75, 3.05) is 0 Å². The molecule has 0 saturated heterocycles. The molecular formula is C10H26N2. The minimum Gasteiger partial charge on any atom is -0.344 e. The first-order valence-electron chi connectivity index (χ1n) is 4.47. The van der Waals surface area contributed by atoms with Gasteiger partial charge in [0.05, 0.1) is 0 Å². The minimum absolute atomic E-state index is 0. The van der Waals surface area contributed by atoms with Gasteiger partial charge in [-0.3, -0.25) is 0 Å². The van der Waals surface area contributed by atoms with Gasteiger partial charge in [-0.2, -0.15) is 0 Å². The van der Waals surface area contributed by atoms with Crippen molar-refractivity contribution in [3.8, 4) is 0 Å². The van der Waals surface area contributed by atoms with Crippen LogP contribution in [0.25, 0.3) is 0 Å². The van der Waals surface area contributed by atoms with Crippen LogP contribution >= 0.6 is 0 Å². The molecule has 12 heavy (non-hydrogen) atoms. The van der Waals surface area contributed by atoms with E-state index in [4.69, 9.17) is 0 Å². The standard InChI is InChI=1S/C10H20.2H3N/c1-4-6-8-10(3)9-7-5-2;;/h3-9H2,1-2H3;2*1H3. The highest BCUT2D eigenvalue weighted by molar-refractivity contribution is 4.92. The van der Waals surface area contributed by atoms with E-state index in [0.717, 1.165) is 0 Å². The van der Waals surface area contributed by atoms with E-state index in [0.29, 0.717) is 0 Å². The summed E-state index contributed by atoms with van der Waals surface area (Å²) in [5.74, 6) is 0. The molecule has 0 amide bonds. The summed E-state index contributed by atoms with van der Waals surface area (Å²) in [6.45, 7) is 8.49. The number of hydrogen-bond donors (Lipinski definition) is 2. The minimum atomic E-state index is 0. The van der Waals surface area contributed by atoms with Crippen LogP contribution in [-0.2, 0) is 0 Å².